The molecular weight excluding hydrogens is 258 g/mol. The largest absolute Gasteiger partial charge is 0.480 e. The van der Waals surface area contributed by atoms with E-state index in [-0.39, 0.29) is 0 Å². The van der Waals surface area contributed by atoms with Gasteiger partial charge in [-0.2, -0.15) is 0 Å². The maximum absolute atomic E-state index is 11.4. The van der Waals surface area contributed by atoms with Crippen LogP contribution in [-0.4, -0.2) is 21.3 Å². The highest BCUT2D eigenvalue weighted by Crippen LogP contribution is 2.35. The van der Waals surface area contributed by atoms with E-state index in [0.717, 1.165) is 15.8 Å². The SMILES string of the molecule is Cc1cccc2[nH]cc(S[C@@H](CC(C)C)C(=O)O)c12. The monoisotopic (exact) mass is 277 g/mol. The van der Waals surface area contributed by atoms with Crippen LogP contribution in [0.2, 0.25) is 0 Å². The smallest absolute Gasteiger partial charge is 0.316 e. The Bertz CT molecular complexity index is 589. The first-order chi connectivity index (χ1) is 8.99. The average Bonchev–Trinajstić information content (AvgIpc) is 2.72. The molecule has 0 unspecified atom stereocenters. The van der Waals surface area contributed by atoms with Gasteiger partial charge in [0.15, 0.2) is 0 Å². The lowest BCUT2D eigenvalue weighted by Gasteiger charge is -2.14. The van der Waals surface area contributed by atoms with Crippen LogP contribution in [0.1, 0.15) is 25.8 Å². The third-order valence-electron chi connectivity index (χ3n) is 3.11. The summed E-state index contributed by atoms with van der Waals surface area (Å²) in [6.45, 7) is 6.16. The van der Waals surface area contributed by atoms with Crippen molar-refractivity contribution in [2.75, 3.05) is 0 Å². The van der Waals surface area contributed by atoms with Gasteiger partial charge < -0.3 is 10.1 Å². The zero-order chi connectivity index (χ0) is 14.0. The summed E-state index contributed by atoms with van der Waals surface area (Å²) in [5, 5.41) is 10.1. The summed E-state index contributed by atoms with van der Waals surface area (Å²) in [6.07, 6.45) is 2.59. The van der Waals surface area contributed by atoms with Crippen molar-refractivity contribution in [1.29, 1.82) is 0 Å². The maximum atomic E-state index is 11.4. The molecule has 0 aliphatic carbocycles. The summed E-state index contributed by atoms with van der Waals surface area (Å²) in [5.41, 5.74) is 2.24. The molecular formula is C15H19NO2S. The van der Waals surface area contributed by atoms with E-state index in [1.54, 1.807) is 0 Å². The number of aryl methyl sites for hydroxylation is 1. The molecule has 0 fully saturated rings. The predicted octanol–water partition coefficient (Wildman–Crippen LogP) is 4.07. The van der Waals surface area contributed by atoms with Crippen LogP contribution in [0.5, 0.6) is 0 Å². The number of fused-ring (bicyclic) bond motifs is 1. The molecule has 2 rings (SSSR count). The molecule has 0 aliphatic rings. The molecule has 1 heterocycles. The van der Waals surface area contributed by atoms with Gasteiger partial charge >= 0.3 is 5.97 Å². The molecule has 1 atom stereocenters. The van der Waals surface area contributed by atoms with E-state index in [1.165, 1.54) is 17.3 Å². The number of carbonyl (C=O) groups is 1. The van der Waals surface area contributed by atoms with Crippen LogP contribution in [0.4, 0.5) is 0 Å². The predicted molar refractivity (Wildman–Crippen MR) is 79.8 cm³/mol. The second-order valence-electron chi connectivity index (χ2n) is 5.22. The minimum Gasteiger partial charge on any atom is -0.480 e. The molecule has 19 heavy (non-hydrogen) atoms. The van der Waals surface area contributed by atoms with Crippen LogP contribution in [-0.2, 0) is 4.79 Å². The number of hydrogen-bond donors (Lipinski definition) is 2. The lowest BCUT2D eigenvalue weighted by atomic mass is 10.1. The molecule has 0 bridgehead atoms. The number of carboxylic acids is 1. The number of nitrogens with one attached hydrogen (secondary N) is 1. The molecule has 0 amide bonds. The molecule has 0 aliphatic heterocycles. The molecule has 1 aromatic heterocycles. The summed E-state index contributed by atoms with van der Waals surface area (Å²) >= 11 is 1.44. The van der Waals surface area contributed by atoms with E-state index >= 15 is 0 Å². The van der Waals surface area contributed by atoms with Crippen LogP contribution in [0.3, 0.4) is 0 Å². The van der Waals surface area contributed by atoms with Gasteiger partial charge in [0.25, 0.3) is 0 Å². The van der Waals surface area contributed by atoms with Gasteiger partial charge in [0.1, 0.15) is 5.25 Å². The summed E-state index contributed by atoms with van der Waals surface area (Å²) < 4.78 is 0. The van der Waals surface area contributed by atoms with Gasteiger partial charge in [-0.25, -0.2) is 0 Å². The van der Waals surface area contributed by atoms with Crippen LogP contribution in [0.25, 0.3) is 10.9 Å². The fraction of sp³-hybridized carbons (Fsp3) is 0.400. The standard InChI is InChI=1S/C15H19NO2S/c1-9(2)7-12(15(17)18)19-13-8-16-11-6-4-5-10(3)14(11)13/h4-6,8-9,12,16H,7H2,1-3H3,(H,17,18)/t12-/m0/s1. The minimum atomic E-state index is -0.735. The molecule has 102 valence electrons. The summed E-state index contributed by atoms with van der Waals surface area (Å²) in [6, 6.07) is 6.08. The Morgan fingerprint density at radius 2 is 2.16 bits per heavy atom. The van der Waals surface area contributed by atoms with E-state index in [0.29, 0.717) is 12.3 Å². The van der Waals surface area contributed by atoms with Crippen LogP contribution in [0.15, 0.2) is 29.3 Å². The van der Waals surface area contributed by atoms with Crippen LogP contribution < -0.4 is 0 Å². The highest BCUT2D eigenvalue weighted by atomic mass is 32.2. The van der Waals surface area contributed by atoms with Gasteiger partial charge in [-0.1, -0.05) is 26.0 Å². The number of carboxylic acid groups (broad SMARTS) is 1. The average molecular weight is 277 g/mol. The van der Waals surface area contributed by atoms with E-state index in [9.17, 15) is 9.90 Å². The van der Waals surface area contributed by atoms with E-state index in [4.69, 9.17) is 0 Å². The summed E-state index contributed by atoms with van der Waals surface area (Å²) in [5.74, 6) is -0.360. The molecule has 2 N–H and O–H groups in total. The number of aliphatic carboxylic acids is 1. The maximum Gasteiger partial charge on any atom is 0.316 e. The highest BCUT2D eigenvalue weighted by molar-refractivity contribution is 8.00. The van der Waals surface area contributed by atoms with E-state index in [1.807, 2.05) is 18.3 Å². The van der Waals surface area contributed by atoms with Crippen molar-refractivity contribution < 1.29 is 9.90 Å². The van der Waals surface area contributed by atoms with Gasteiger partial charge in [0.2, 0.25) is 0 Å². The first-order valence-electron chi connectivity index (χ1n) is 6.45. The first-order valence-corrected chi connectivity index (χ1v) is 7.33. The van der Waals surface area contributed by atoms with E-state index < -0.39 is 11.2 Å². The van der Waals surface area contributed by atoms with Crippen molar-refractivity contribution in [3.8, 4) is 0 Å². The van der Waals surface area contributed by atoms with Gasteiger partial charge in [-0.15, -0.1) is 11.8 Å². The number of rotatable bonds is 5. The van der Waals surface area contributed by atoms with Crippen molar-refractivity contribution in [3.63, 3.8) is 0 Å². The number of benzene rings is 1. The van der Waals surface area contributed by atoms with Crippen molar-refractivity contribution in [1.82, 2.24) is 4.98 Å². The fourth-order valence-electron chi connectivity index (χ4n) is 2.20. The van der Waals surface area contributed by atoms with Crippen molar-refractivity contribution >= 4 is 28.6 Å². The topological polar surface area (TPSA) is 53.1 Å². The Labute approximate surface area is 117 Å². The Kier molecular flexibility index (Phi) is 4.20. The number of aromatic amines is 1. The molecule has 3 nitrogen and oxygen atoms in total. The molecule has 2 aromatic rings. The second kappa shape index (κ2) is 5.70. The molecule has 0 spiro atoms. The molecule has 0 saturated carbocycles. The number of H-pyrrole nitrogens is 1. The van der Waals surface area contributed by atoms with Crippen molar-refractivity contribution in [3.05, 3.63) is 30.0 Å². The third-order valence-corrected chi connectivity index (χ3v) is 4.36. The molecule has 4 heteroatoms. The lowest BCUT2D eigenvalue weighted by Crippen LogP contribution is -2.18. The van der Waals surface area contributed by atoms with Crippen LogP contribution in [0, 0.1) is 12.8 Å². The van der Waals surface area contributed by atoms with Crippen molar-refractivity contribution in [2.24, 2.45) is 5.92 Å². The fourth-order valence-corrected chi connectivity index (χ4v) is 3.61. The Morgan fingerprint density at radius 1 is 1.42 bits per heavy atom. The highest BCUT2D eigenvalue weighted by Gasteiger charge is 2.22. The Hall–Kier alpha value is -1.42. The molecule has 0 radical (unpaired) electrons. The number of thioether (sulfide) groups is 1. The van der Waals surface area contributed by atoms with Gasteiger partial charge in [0.05, 0.1) is 0 Å². The quantitative estimate of drug-likeness (QED) is 0.810. The normalized spacial score (nSPS) is 13.1. The minimum absolute atomic E-state index is 0.375. The number of aromatic nitrogens is 1. The number of hydrogen-bond acceptors (Lipinski definition) is 2. The van der Waals surface area contributed by atoms with Gasteiger partial charge in [-0.3, -0.25) is 4.79 Å². The zero-order valence-corrected chi connectivity index (χ0v) is 12.3. The Balaban J connectivity index is 2.31. The summed E-state index contributed by atoms with van der Waals surface area (Å²) in [4.78, 5) is 15.6. The van der Waals surface area contributed by atoms with Gasteiger partial charge in [-0.05, 0) is 30.9 Å². The molecule has 1 aromatic carbocycles. The third kappa shape index (κ3) is 3.13. The summed E-state index contributed by atoms with van der Waals surface area (Å²) in [7, 11) is 0. The van der Waals surface area contributed by atoms with Crippen molar-refractivity contribution in [2.45, 2.75) is 37.3 Å². The molecule has 0 saturated heterocycles. The van der Waals surface area contributed by atoms with E-state index in [2.05, 4.69) is 31.8 Å². The second-order valence-corrected chi connectivity index (χ2v) is 6.47. The first kappa shape index (κ1) is 14.0. The lowest BCUT2D eigenvalue weighted by molar-refractivity contribution is -0.136. The van der Waals surface area contributed by atoms with Crippen LogP contribution >= 0.6 is 11.8 Å². The zero-order valence-electron chi connectivity index (χ0n) is 11.4. The Morgan fingerprint density at radius 3 is 2.79 bits per heavy atom. The van der Waals surface area contributed by atoms with Gasteiger partial charge in [0, 0.05) is 22.0 Å².